The number of benzene rings is 1. The average Bonchev–Trinajstić information content (AvgIpc) is 2.71. The van der Waals surface area contributed by atoms with Crippen LogP contribution in [0.4, 0.5) is 14.5 Å². The van der Waals surface area contributed by atoms with Gasteiger partial charge in [-0.15, -0.1) is 0 Å². The van der Waals surface area contributed by atoms with Gasteiger partial charge in [0.25, 0.3) is 0 Å². The molecule has 1 fully saturated rings. The third-order valence-electron chi connectivity index (χ3n) is 4.83. The summed E-state index contributed by atoms with van der Waals surface area (Å²) in [4.78, 5) is 2.38. The zero-order valence-corrected chi connectivity index (χ0v) is 14.6. The molecule has 25 heavy (non-hydrogen) atoms. The van der Waals surface area contributed by atoms with E-state index in [1.165, 1.54) is 30.5 Å². The third-order valence-corrected chi connectivity index (χ3v) is 4.83. The first kappa shape index (κ1) is 17.7. The Morgan fingerprint density at radius 2 is 1.96 bits per heavy atom. The SMILES string of the molecule is CN1CCC(/C2=C/NC/C=C(Nc3ccc(F)c(F)c3)\C=C/C2)CC1. The number of nitrogens with zero attached hydrogens (tertiary/aromatic N) is 1. The van der Waals surface area contributed by atoms with E-state index in [0.29, 0.717) is 18.2 Å². The monoisotopic (exact) mass is 345 g/mol. The maximum Gasteiger partial charge on any atom is 0.160 e. The van der Waals surface area contributed by atoms with Crippen LogP contribution in [0.1, 0.15) is 19.3 Å². The minimum absolute atomic E-state index is 0.539. The molecule has 5 heteroatoms. The maximum atomic E-state index is 13.4. The predicted molar refractivity (Wildman–Crippen MR) is 98.1 cm³/mol. The van der Waals surface area contributed by atoms with Crippen LogP contribution in [0.5, 0.6) is 0 Å². The van der Waals surface area contributed by atoms with Crippen LogP contribution in [0.2, 0.25) is 0 Å². The Bertz CT molecular complexity index is 686. The van der Waals surface area contributed by atoms with E-state index < -0.39 is 11.6 Å². The zero-order valence-electron chi connectivity index (χ0n) is 14.6. The normalized spacial score (nSPS) is 25.4. The van der Waals surface area contributed by atoms with Crippen LogP contribution in [-0.4, -0.2) is 31.6 Å². The Morgan fingerprint density at radius 3 is 2.72 bits per heavy atom. The Kier molecular flexibility index (Phi) is 5.87. The highest BCUT2D eigenvalue weighted by Gasteiger charge is 2.19. The standard InChI is InChI=1S/C20H25F2N3/c1-25-11-8-15(9-12-25)16-3-2-4-17(7-10-23-14-16)24-18-5-6-19(21)20(22)13-18/h2,4-7,13-15,23-24H,3,8-12H2,1H3/b4-2-,16-14+,17-7+. The summed E-state index contributed by atoms with van der Waals surface area (Å²) in [5.41, 5.74) is 2.85. The van der Waals surface area contributed by atoms with E-state index >= 15 is 0 Å². The van der Waals surface area contributed by atoms with E-state index in [4.69, 9.17) is 0 Å². The van der Waals surface area contributed by atoms with Crippen molar-refractivity contribution in [3.8, 4) is 0 Å². The van der Waals surface area contributed by atoms with Gasteiger partial charge in [0.15, 0.2) is 11.6 Å². The summed E-state index contributed by atoms with van der Waals surface area (Å²) in [6.45, 7) is 2.98. The van der Waals surface area contributed by atoms with E-state index in [9.17, 15) is 8.78 Å². The molecule has 1 aromatic carbocycles. The zero-order chi connectivity index (χ0) is 17.6. The highest BCUT2D eigenvalue weighted by Crippen LogP contribution is 2.27. The maximum absolute atomic E-state index is 13.4. The number of anilines is 1. The van der Waals surface area contributed by atoms with Gasteiger partial charge in [0, 0.05) is 24.0 Å². The molecule has 0 saturated carbocycles. The van der Waals surface area contributed by atoms with Gasteiger partial charge in [0.1, 0.15) is 0 Å². The number of allylic oxidation sites excluding steroid dienone is 3. The van der Waals surface area contributed by atoms with Gasteiger partial charge >= 0.3 is 0 Å². The first-order valence-electron chi connectivity index (χ1n) is 8.81. The first-order chi connectivity index (χ1) is 12.1. The number of hydrogen-bond donors (Lipinski definition) is 2. The summed E-state index contributed by atoms with van der Waals surface area (Å²) < 4.78 is 26.4. The highest BCUT2D eigenvalue weighted by atomic mass is 19.2. The fourth-order valence-corrected chi connectivity index (χ4v) is 3.30. The Morgan fingerprint density at radius 1 is 1.16 bits per heavy atom. The average molecular weight is 345 g/mol. The molecule has 0 radical (unpaired) electrons. The molecule has 0 amide bonds. The molecule has 1 aromatic rings. The molecular formula is C20H25F2N3. The van der Waals surface area contributed by atoms with E-state index in [1.54, 1.807) is 0 Å². The third kappa shape index (κ3) is 4.92. The van der Waals surface area contributed by atoms with Crippen LogP contribution in [0.15, 0.2) is 53.9 Å². The van der Waals surface area contributed by atoms with Crippen LogP contribution in [0, 0.1) is 17.6 Å². The van der Waals surface area contributed by atoms with Gasteiger partial charge in [-0.3, -0.25) is 0 Å². The lowest BCUT2D eigenvalue weighted by molar-refractivity contribution is 0.236. The van der Waals surface area contributed by atoms with Crippen molar-refractivity contribution in [1.29, 1.82) is 0 Å². The smallest absolute Gasteiger partial charge is 0.160 e. The number of nitrogens with one attached hydrogen (secondary N) is 2. The number of halogens is 2. The van der Waals surface area contributed by atoms with E-state index in [0.717, 1.165) is 31.3 Å². The summed E-state index contributed by atoms with van der Waals surface area (Å²) in [5, 5.41) is 6.50. The second-order valence-electron chi connectivity index (χ2n) is 6.72. The molecule has 0 aromatic heterocycles. The van der Waals surface area contributed by atoms with Crippen molar-refractivity contribution in [2.45, 2.75) is 19.3 Å². The van der Waals surface area contributed by atoms with Crippen molar-refractivity contribution in [2.75, 3.05) is 32.0 Å². The Labute approximate surface area is 148 Å². The predicted octanol–water partition coefficient (Wildman–Crippen LogP) is 4.04. The number of piperidine rings is 1. The van der Waals surface area contributed by atoms with E-state index in [-0.39, 0.29) is 0 Å². The fourth-order valence-electron chi connectivity index (χ4n) is 3.30. The number of hydrogen-bond acceptors (Lipinski definition) is 3. The van der Waals surface area contributed by atoms with Crippen molar-refractivity contribution < 1.29 is 8.78 Å². The molecule has 0 unspecified atom stereocenters. The number of rotatable bonds is 3. The molecule has 2 aliphatic heterocycles. The topological polar surface area (TPSA) is 27.3 Å². The molecule has 3 nitrogen and oxygen atoms in total. The van der Waals surface area contributed by atoms with E-state index in [1.807, 2.05) is 12.2 Å². The van der Waals surface area contributed by atoms with Crippen LogP contribution in [0.25, 0.3) is 0 Å². The van der Waals surface area contributed by atoms with Gasteiger partial charge in [0.05, 0.1) is 0 Å². The molecule has 0 spiro atoms. The number of likely N-dealkylation sites (tertiary alicyclic amines) is 1. The fraction of sp³-hybridized carbons (Fsp3) is 0.400. The van der Waals surface area contributed by atoms with Gasteiger partial charge in [-0.1, -0.05) is 6.08 Å². The summed E-state index contributed by atoms with van der Waals surface area (Å²) in [6.07, 6.45) is 11.6. The van der Waals surface area contributed by atoms with Crippen molar-refractivity contribution in [1.82, 2.24) is 10.2 Å². The van der Waals surface area contributed by atoms with Crippen LogP contribution in [-0.2, 0) is 0 Å². The molecule has 134 valence electrons. The first-order valence-corrected chi connectivity index (χ1v) is 8.81. The molecule has 2 aliphatic rings. The molecule has 3 rings (SSSR count). The van der Waals surface area contributed by atoms with Crippen molar-refractivity contribution in [3.05, 3.63) is 65.5 Å². The molecule has 0 aliphatic carbocycles. The lowest BCUT2D eigenvalue weighted by atomic mass is 9.88. The van der Waals surface area contributed by atoms with Gasteiger partial charge < -0.3 is 15.5 Å². The van der Waals surface area contributed by atoms with Crippen molar-refractivity contribution in [2.24, 2.45) is 5.92 Å². The highest BCUT2D eigenvalue weighted by molar-refractivity contribution is 5.51. The Hall–Kier alpha value is -2.14. The molecular weight excluding hydrogens is 320 g/mol. The van der Waals surface area contributed by atoms with Gasteiger partial charge in [-0.2, -0.15) is 0 Å². The minimum atomic E-state index is -0.845. The quantitative estimate of drug-likeness (QED) is 0.866. The lowest BCUT2D eigenvalue weighted by Crippen LogP contribution is -2.31. The summed E-state index contributed by atoms with van der Waals surface area (Å²) in [6, 6.07) is 3.84. The van der Waals surface area contributed by atoms with Crippen LogP contribution < -0.4 is 10.6 Å². The molecule has 2 heterocycles. The Balaban J connectivity index is 1.63. The molecule has 1 saturated heterocycles. The van der Waals surface area contributed by atoms with Crippen LogP contribution >= 0.6 is 0 Å². The molecule has 0 bridgehead atoms. The van der Waals surface area contributed by atoms with Gasteiger partial charge in [0.2, 0.25) is 0 Å². The van der Waals surface area contributed by atoms with Crippen molar-refractivity contribution >= 4 is 5.69 Å². The second-order valence-corrected chi connectivity index (χ2v) is 6.72. The van der Waals surface area contributed by atoms with Gasteiger partial charge in [-0.05, 0) is 81.4 Å². The second kappa shape index (κ2) is 8.30. The minimum Gasteiger partial charge on any atom is -0.387 e. The van der Waals surface area contributed by atoms with Crippen molar-refractivity contribution in [3.63, 3.8) is 0 Å². The van der Waals surface area contributed by atoms with E-state index in [2.05, 4.69) is 34.9 Å². The molecule has 0 atom stereocenters. The van der Waals surface area contributed by atoms with Crippen LogP contribution in [0.3, 0.4) is 0 Å². The lowest BCUT2D eigenvalue weighted by Gasteiger charge is -2.30. The molecule has 2 N–H and O–H groups in total. The summed E-state index contributed by atoms with van der Waals surface area (Å²) >= 11 is 0. The largest absolute Gasteiger partial charge is 0.387 e. The summed E-state index contributed by atoms with van der Waals surface area (Å²) in [5.74, 6) is -1.05. The summed E-state index contributed by atoms with van der Waals surface area (Å²) in [7, 11) is 2.17. The van der Waals surface area contributed by atoms with Gasteiger partial charge in [-0.25, -0.2) is 8.78 Å².